The minimum absolute atomic E-state index is 0. The summed E-state index contributed by atoms with van der Waals surface area (Å²) in [5.41, 5.74) is 0. The van der Waals surface area contributed by atoms with Crippen molar-refractivity contribution in [2.45, 2.75) is 59.9 Å². The fourth-order valence-electron chi connectivity index (χ4n) is 0.890. The highest BCUT2D eigenvalue weighted by Crippen LogP contribution is 1.94. The Bertz CT molecular complexity index is 116. The highest BCUT2D eigenvalue weighted by atomic mass is 16.1. The normalized spacial score (nSPS) is 9.38. The Balaban J connectivity index is -0.000000376. The monoisotopic (exact) mass is 189 g/mol. The second-order valence-corrected chi connectivity index (χ2v) is 3.27. The van der Waals surface area contributed by atoms with E-state index in [0.29, 0.717) is 11.8 Å². The van der Waals surface area contributed by atoms with Crippen LogP contribution in [-0.2, 0) is 4.79 Å². The van der Waals surface area contributed by atoms with Crippen molar-refractivity contribution in [2.24, 2.45) is 0 Å². The number of hydrogen-bond acceptors (Lipinski definition) is 2. The Morgan fingerprint density at radius 2 is 1.85 bits per heavy atom. The first-order chi connectivity index (χ1) is 6.13. The molecule has 2 nitrogen and oxygen atoms in total. The minimum atomic E-state index is 0. The summed E-state index contributed by atoms with van der Waals surface area (Å²) in [6.07, 6.45) is 2.87. The van der Waals surface area contributed by atoms with Crippen LogP contribution in [0.25, 0.3) is 0 Å². The third-order valence-electron chi connectivity index (χ3n) is 1.51. The standard InChI is InChI=1S/C9H19NO.C2H6.H2/c1-8(2)10-7-5-4-6-9(3)11;1-2;/h8,10H,4-7H2,1-3H3;1-2H3;1H. The van der Waals surface area contributed by atoms with Gasteiger partial charge in [0.2, 0.25) is 0 Å². The van der Waals surface area contributed by atoms with Gasteiger partial charge in [0.15, 0.2) is 0 Å². The van der Waals surface area contributed by atoms with E-state index < -0.39 is 0 Å². The number of Topliss-reactive ketones (excluding diaryl/α,β-unsaturated/α-hetero) is 1. The van der Waals surface area contributed by atoms with Gasteiger partial charge in [-0.05, 0) is 26.3 Å². The van der Waals surface area contributed by atoms with Crippen molar-refractivity contribution in [1.82, 2.24) is 5.32 Å². The van der Waals surface area contributed by atoms with E-state index in [-0.39, 0.29) is 1.43 Å². The first-order valence-electron chi connectivity index (χ1n) is 5.35. The smallest absolute Gasteiger partial charge is 0.129 e. The quantitative estimate of drug-likeness (QED) is 0.651. The summed E-state index contributed by atoms with van der Waals surface area (Å²) >= 11 is 0. The fourth-order valence-corrected chi connectivity index (χ4v) is 0.890. The lowest BCUT2D eigenvalue weighted by Crippen LogP contribution is -2.23. The molecule has 0 saturated carbocycles. The molecule has 82 valence electrons. The van der Waals surface area contributed by atoms with Crippen LogP contribution in [0.4, 0.5) is 0 Å². The largest absolute Gasteiger partial charge is 0.315 e. The first-order valence-corrected chi connectivity index (χ1v) is 5.35. The van der Waals surface area contributed by atoms with Gasteiger partial charge in [-0.3, -0.25) is 0 Å². The Kier molecular flexibility index (Phi) is 13.5. The van der Waals surface area contributed by atoms with E-state index in [4.69, 9.17) is 0 Å². The lowest BCUT2D eigenvalue weighted by Gasteiger charge is -2.06. The van der Waals surface area contributed by atoms with Crippen molar-refractivity contribution >= 4 is 5.78 Å². The van der Waals surface area contributed by atoms with Crippen LogP contribution in [0.2, 0.25) is 0 Å². The van der Waals surface area contributed by atoms with E-state index in [1.54, 1.807) is 6.92 Å². The summed E-state index contributed by atoms with van der Waals surface area (Å²) in [6, 6.07) is 0.562. The first kappa shape index (κ1) is 15.1. The molecule has 0 aromatic rings. The van der Waals surface area contributed by atoms with Crippen LogP contribution in [-0.4, -0.2) is 18.4 Å². The highest BCUT2D eigenvalue weighted by molar-refractivity contribution is 5.75. The Hall–Kier alpha value is -0.370. The maximum atomic E-state index is 10.5. The van der Waals surface area contributed by atoms with Crippen molar-refractivity contribution < 1.29 is 6.22 Å². The number of ketones is 1. The van der Waals surface area contributed by atoms with Gasteiger partial charge in [0.1, 0.15) is 5.78 Å². The van der Waals surface area contributed by atoms with Crippen molar-refractivity contribution in [3.8, 4) is 0 Å². The van der Waals surface area contributed by atoms with Gasteiger partial charge in [-0.2, -0.15) is 0 Å². The molecule has 0 fully saturated rings. The number of carbonyl (C=O) groups excluding carboxylic acids is 1. The number of nitrogens with one attached hydrogen (secondary N) is 1. The van der Waals surface area contributed by atoms with Gasteiger partial charge >= 0.3 is 0 Å². The molecule has 0 spiro atoms. The van der Waals surface area contributed by atoms with Gasteiger partial charge in [0.05, 0.1) is 0 Å². The molecule has 13 heavy (non-hydrogen) atoms. The molecule has 0 unspecified atom stereocenters. The SMILES string of the molecule is CC.CC(=O)CCCCNC(C)C.[HH]. The van der Waals surface area contributed by atoms with Crippen LogP contribution >= 0.6 is 0 Å². The van der Waals surface area contributed by atoms with Crippen molar-refractivity contribution in [1.29, 1.82) is 0 Å². The van der Waals surface area contributed by atoms with E-state index in [1.807, 2.05) is 13.8 Å². The van der Waals surface area contributed by atoms with Crippen molar-refractivity contribution in [3.63, 3.8) is 0 Å². The van der Waals surface area contributed by atoms with Crippen molar-refractivity contribution in [3.05, 3.63) is 0 Å². The van der Waals surface area contributed by atoms with Gasteiger partial charge in [0.25, 0.3) is 0 Å². The zero-order chi connectivity index (χ0) is 10.7. The molecule has 0 bridgehead atoms. The predicted octanol–water partition coefficient (Wildman–Crippen LogP) is 3.02. The molecule has 2 heteroatoms. The zero-order valence-electron chi connectivity index (χ0n) is 9.81. The van der Waals surface area contributed by atoms with Crippen LogP contribution < -0.4 is 5.32 Å². The van der Waals surface area contributed by atoms with E-state index >= 15 is 0 Å². The van der Waals surface area contributed by atoms with E-state index in [0.717, 1.165) is 25.8 Å². The molecule has 1 N–H and O–H groups in total. The Labute approximate surface area is 84.6 Å². The number of unbranched alkanes of at least 4 members (excludes halogenated alkanes) is 1. The lowest BCUT2D eigenvalue weighted by molar-refractivity contribution is -0.117. The molecule has 0 amide bonds. The summed E-state index contributed by atoms with van der Waals surface area (Å²) in [7, 11) is 0. The molecule has 0 aliphatic carbocycles. The molecule has 0 rings (SSSR count). The number of carbonyl (C=O) groups is 1. The second kappa shape index (κ2) is 11.6. The minimum Gasteiger partial charge on any atom is -0.315 e. The number of rotatable bonds is 6. The lowest BCUT2D eigenvalue weighted by atomic mass is 10.2. The maximum Gasteiger partial charge on any atom is 0.129 e. The molecule has 0 aromatic carbocycles. The third kappa shape index (κ3) is 18.5. The van der Waals surface area contributed by atoms with Crippen LogP contribution in [0, 0.1) is 0 Å². The van der Waals surface area contributed by atoms with Gasteiger partial charge in [-0.15, -0.1) is 0 Å². The molecule has 0 aliphatic heterocycles. The van der Waals surface area contributed by atoms with Crippen LogP contribution in [0.3, 0.4) is 0 Å². The average molecular weight is 189 g/mol. The van der Waals surface area contributed by atoms with E-state index in [1.165, 1.54) is 0 Å². The molecule has 0 atom stereocenters. The Morgan fingerprint density at radius 3 is 2.23 bits per heavy atom. The Morgan fingerprint density at radius 1 is 1.31 bits per heavy atom. The molecular weight excluding hydrogens is 162 g/mol. The molecule has 0 aromatic heterocycles. The van der Waals surface area contributed by atoms with E-state index in [9.17, 15) is 4.79 Å². The van der Waals surface area contributed by atoms with Gasteiger partial charge in [-0.1, -0.05) is 27.7 Å². The van der Waals surface area contributed by atoms with Crippen molar-refractivity contribution in [2.75, 3.05) is 6.54 Å². The summed E-state index contributed by atoms with van der Waals surface area (Å²) in [6.45, 7) is 10.9. The predicted molar refractivity (Wildman–Crippen MR) is 61.1 cm³/mol. The van der Waals surface area contributed by atoms with E-state index in [2.05, 4.69) is 19.2 Å². The summed E-state index contributed by atoms with van der Waals surface area (Å²) < 4.78 is 0. The van der Waals surface area contributed by atoms with Gasteiger partial charge in [0, 0.05) is 13.9 Å². The highest BCUT2D eigenvalue weighted by Gasteiger charge is 1.94. The summed E-state index contributed by atoms with van der Waals surface area (Å²) in [5.74, 6) is 0.301. The zero-order valence-corrected chi connectivity index (χ0v) is 9.81. The summed E-state index contributed by atoms with van der Waals surface area (Å²) in [4.78, 5) is 10.5. The maximum absolute atomic E-state index is 10.5. The van der Waals surface area contributed by atoms with Crippen LogP contribution in [0.15, 0.2) is 0 Å². The number of hydrogen-bond donors (Lipinski definition) is 1. The topological polar surface area (TPSA) is 29.1 Å². The molecular formula is C11H27NO. The van der Waals surface area contributed by atoms with Gasteiger partial charge in [-0.25, -0.2) is 0 Å². The summed E-state index contributed by atoms with van der Waals surface area (Å²) in [5, 5.41) is 3.31. The van der Waals surface area contributed by atoms with Crippen LogP contribution in [0.1, 0.15) is 55.3 Å². The van der Waals surface area contributed by atoms with Crippen LogP contribution in [0.5, 0.6) is 0 Å². The third-order valence-corrected chi connectivity index (χ3v) is 1.51. The molecule has 0 aliphatic rings. The molecule has 0 radical (unpaired) electrons. The molecule has 0 heterocycles. The second-order valence-electron chi connectivity index (χ2n) is 3.27. The molecule has 0 saturated heterocycles. The average Bonchev–Trinajstić information content (AvgIpc) is 2.06. The van der Waals surface area contributed by atoms with Gasteiger partial charge < -0.3 is 10.1 Å². The fraction of sp³-hybridized carbons (Fsp3) is 0.909.